The summed E-state index contributed by atoms with van der Waals surface area (Å²) in [6.45, 7) is 8.67. The molecule has 0 bridgehead atoms. The Morgan fingerprint density at radius 1 is 0.878 bits per heavy atom. The van der Waals surface area contributed by atoms with Gasteiger partial charge in [-0.05, 0) is 64.5 Å². The van der Waals surface area contributed by atoms with Gasteiger partial charge < -0.3 is 15.0 Å². The number of anilines is 1. The van der Waals surface area contributed by atoms with Crippen LogP contribution in [-0.2, 0) is 28.9 Å². The molecule has 0 saturated heterocycles. The SMILES string of the molecule is CCCCc1nc2c(N)nc3ccccc3c2n1CCCCCC(=O)c1ccc(CCCC(=O)OC(C)(C)C)cc1. The van der Waals surface area contributed by atoms with Crippen molar-refractivity contribution >= 4 is 39.5 Å². The third kappa shape index (κ3) is 8.15. The molecule has 0 atom stereocenters. The number of fused-ring (bicyclic) bond motifs is 3. The number of carbonyl (C=O) groups is 2. The highest BCUT2D eigenvalue weighted by Gasteiger charge is 2.18. The first-order chi connectivity index (χ1) is 19.7. The van der Waals surface area contributed by atoms with E-state index >= 15 is 0 Å². The Bertz CT molecular complexity index is 1480. The fourth-order valence-corrected chi connectivity index (χ4v) is 5.23. The Morgan fingerprint density at radius 2 is 1.63 bits per heavy atom. The molecule has 0 fully saturated rings. The molecule has 0 aliphatic carbocycles. The zero-order valence-corrected chi connectivity index (χ0v) is 25.0. The van der Waals surface area contributed by atoms with Gasteiger partial charge in [-0.1, -0.05) is 62.2 Å². The first-order valence-corrected chi connectivity index (χ1v) is 15.0. The number of nitrogens with zero attached hydrogens (tertiary/aromatic N) is 3. The van der Waals surface area contributed by atoms with Gasteiger partial charge in [0.1, 0.15) is 16.9 Å². The first kappa shape index (κ1) is 30.2. The summed E-state index contributed by atoms with van der Waals surface area (Å²) >= 11 is 0. The van der Waals surface area contributed by atoms with Crippen molar-refractivity contribution in [2.45, 2.75) is 104 Å². The fourth-order valence-electron chi connectivity index (χ4n) is 5.23. The molecule has 4 rings (SSSR count). The van der Waals surface area contributed by atoms with Crippen molar-refractivity contribution in [2.75, 3.05) is 5.73 Å². The summed E-state index contributed by atoms with van der Waals surface area (Å²) in [5, 5.41) is 1.08. The number of ether oxygens (including phenoxy) is 1. The van der Waals surface area contributed by atoms with Gasteiger partial charge >= 0.3 is 5.97 Å². The van der Waals surface area contributed by atoms with Crippen LogP contribution in [0.2, 0.25) is 0 Å². The van der Waals surface area contributed by atoms with Crippen molar-refractivity contribution in [3.8, 4) is 0 Å². The van der Waals surface area contributed by atoms with E-state index in [4.69, 9.17) is 15.5 Å². The predicted molar refractivity (Wildman–Crippen MR) is 166 cm³/mol. The Kier molecular flexibility index (Phi) is 10.1. The van der Waals surface area contributed by atoms with Crippen molar-refractivity contribution in [2.24, 2.45) is 0 Å². The number of ketones is 1. The van der Waals surface area contributed by atoms with Gasteiger partial charge in [0.05, 0.1) is 11.0 Å². The lowest BCUT2D eigenvalue weighted by Gasteiger charge is -2.19. The summed E-state index contributed by atoms with van der Waals surface area (Å²) in [6.07, 6.45) is 8.30. The molecule has 2 heterocycles. The summed E-state index contributed by atoms with van der Waals surface area (Å²) in [6, 6.07) is 15.9. The van der Waals surface area contributed by atoms with Gasteiger partial charge in [0.25, 0.3) is 0 Å². The maximum Gasteiger partial charge on any atom is 0.306 e. The normalized spacial score (nSPS) is 11.8. The van der Waals surface area contributed by atoms with Crippen LogP contribution in [0.3, 0.4) is 0 Å². The number of nitrogens with two attached hydrogens (primary N) is 1. The Labute approximate surface area is 243 Å². The molecule has 0 saturated carbocycles. The number of pyridine rings is 1. The van der Waals surface area contributed by atoms with E-state index in [1.807, 2.05) is 63.2 Å². The number of esters is 1. The van der Waals surface area contributed by atoms with Crippen molar-refractivity contribution in [3.63, 3.8) is 0 Å². The van der Waals surface area contributed by atoms with Gasteiger partial charge in [0, 0.05) is 36.8 Å². The van der Waals surface area contributed by atoms with Crippen molar-refractivity contribution in [3.05, 3.63) is 65.5 Å². The maximum absolute atomic E-state index is 12.8. The molecule has 0 aliphatic heterocycles. The monoisotopic (exact) mass is 556 g/mol. The number of aromatic nitrogens is 3. The largest absolute Gasteiger partial charge is 0.460 e. The van der Waals surface area contributed by atoms with E-state index < -0.39 is 5.60 Å². The minimum Gasteiger partial charge on any atom is -0.460 e. The number of benzene rings is 2. The molecule has 7 nitrogen and oxygen atoms in total. The van der Waals surface area contributed by atoms with Crippen LogP contribution < -0.4 is 5.73 Å². The quantitative estimate of drug-likeness (QED) is 0.0974. The highest BCUT2D eigenvalue weighted by atomic mass is 16.6. The van der Waals surface area contributed by atoms with E-state index in [0.29, 0.717) is 18.7 Å². The highest BCUT2D eigenvalue weighted by molar-refractivity contribution is 6.06. The summed E-state index contributed by atoms with van der Waals surface area (Å²) in [5.41, 5.74) is 10.5. The number of para-hydroxylation sites is 1. The second-order valence-electron chi connectivity index (χ2n) is 11.9. The van der Waals surface area contributed by atoms with Crippen LogP contribution in [0.15, 0.2) is 48.5 Å². The molecular weight excluding hydrogens is 512 g/mol. The van der Waals surface area contributed by atoms with Crippen LogP contribution in [-0.4, -0.2) is 31.9 Å². The third-order valence-electron chi connectivity index (χ3n) is 7.27. The molecule has 218 valence electrons. The van der Waals surface area contributed by atoms with Crippen molar-refractivity contribution in [1.82, 2.24) is 14.5 Å². The number of rotatable bonds is 14. The molecule has 0 amide bonds. The standard InChI is InChI=1S/C34H44N4O3/c1-5-6-17-29-37-31-32(26-14-9-10-15-27(26)36-33(31)35)38(29)23-11-7-8-16-28(39)25-21-19-24(20-22-25)13-12-18-30(40)41-34(2,3)4/h9-10,14-15,19-22H,5-8,11-13,16-18,23H2,1-4H3,(H2,35,36). The molecule has 0 radical (unpaired) electrons. The Morgan fingerprint density at radius 3 is 2.37 bits per heavy atom. The van der Waals surface area contributed by atoms with Gasteiger partial charge in [-0.25, -0.2) is 9.97 Å². The highest BCUT2D eigenvalue weighted by Crippen LogP contribution is 2.30. The van der Waals surface area contributed by atoms with E-state index in [2.05, 4.69) is 22.5 Å². The number of imidazole rings is 1. The molecule has 2 N–H and O–H groups in total. The summed E-state index contributed by atoms with van der Waals surface area (Å²) in [4.78, 5) is 34.2. The topological polar surface area (TPSA) is 100 Å². The van der Waals surface area contributed by atoms with E-state index in [1.54, 1.807) is 0 Å². The lowest BCUT2D eigenvalue weighted by molar-refractivity contribution is -0.154. The van der Waals surface area contributed by atoms with Crippen molar-refractivity contribution in [1.29, 1.82) is 0 Å². The van der Waals surface area contributed by atoms with E-state index in [-0.39, 0.29) is 11.8 Å². The lowest BCUT2D eigenvalue weighted by Crippen LogP contribution is -2.23. The van der Waals surface area contributed by atoms with Crippen LogP contribution in [0, 0.1) is 0 Å². The van der Waals surface area contributed by atoms with Gasteiger partial charge in [0.15, 0.2) is 11.6 Å². The summed E-state index contributed by atoms with van der Waals surface area (Å²) < 4.78 is 7.70. The third-order valence-corrected chi connectivity index (χ3v) is 7.27. The summed E-state index contributed by atoms with van der Waals surface area (Å²) in [5.74, 6) is 1.55. The minimum absolute atomic E-state index is 0.169. The molecule has 41 heavy (non-hydrogen) atoms. The van der Waals surface area contributed by atoms with Gasteiger partial charge in [0.2, 0.25) is 0 Å². The first-order valence-electron chi connectivity index (χ1n) is 15.0. The molecule has 2 aromatic carbocycles. The fraction of sp³-hybridized carbons (Fsp3) is 0.471. The molecule has 4 aromatic rings. The smallest absolute Gasteiger partial charge is 0.306 e. The zero-order chi connectivity index (χ0) is 29.4. The molecule has 0 unspecified atom stereocenters. The van der Waals surface area contributed by atoms with Crippen LogP contribution >= 0.6 is 0 Å². The molecule has 7 heteroatoms. The molecular formula is C34H44N4O3. The average molecular weight is 557 g/mol. The number of nitrogen functional groups attached to an aromatic ring is 1. The second-order valence-corrected chi connectivity index (χ2v) is 11.9. The number of hydrogen-bond acceptors (Lipinski definition) is 6. The summed E-state index contributed by atoms with van der Waals surface area (Å²) in [7, 11) is 0. The molecule has 0 aliphatic rings. The average Bonchev–Trinajstić information content (AvgIpc) is 3.30. The van der Waals surface area contributed by atoms with Gasteiger partial charge in [-0.15, -0.1) is 0 Å². The van der Waals surface area contributed by atoms with E-state index in [0.717, 1.165) is 96.8 Å². The van der Waals surface area contributed by atoms with Crippen LogP contribution in [0.4, 0.5) is 5.82 Å². The van der Waals surface area contributed by atoms with Crippen molar-refractivity contribution < 1.29 is 14.3 Å². The Hall–Kier alpha value is -3.74. The van der Waals surface area contributed by atoms with E-state index in [9.17, 15) is 9.59 Å². The molecule has 2 aromatic heterocycles. The number of carbonyl (C=O) groups excluding carboxylic acids is 2. The Balaban J connectivity index is 1.29. The second kappa shape index (κ2) is 13.7. The van der Waals surface area contributed by atoms with Crippen LogP contribution in [0.1, 0.15) is 101 Å². The lowest BCUT2D eigenvalue weighted by atomic mass is 10.0. The van der Waals surface area contributed by atoms with Crippen LogP contribution in [0.5, 0.6) is 0 Å². The number of unbranched alkanes of at least 4 members (excludes halogenated alkanes) is 3. The number of aryl methyl sites for hydroxylation is 3. The molecule has 0 spiro atoms. The van der Waals surface area contributed by atoms with Crippen LogP contribution in [0.25, 0.3) is 21.9 Å². The maximum atomic E-state index is 12.8. The number of Topliss-reactive ketones (excluding diaryl/α,β-unsaturated/α-hetero) is 1. The number of hydrogen-bond donors (Lipinski definition) is 1. The zero-order valence-electron chi connectivity index (χ0n) is 25.0. The predicted octanol–water partition coefficient (Wildman–Crippen LogP) is 7.62. The van der Waals surface area contributed by atoms with Gasteiger partial charge in [-0.3, -0.25) is 9.59 Å². The van der Waals surface area contributed by atoms with Gasteiger partial charge in [-0.2, -0.15) is 0 Å². The minimum atomic E-state index is -0.453. The van der Waals surface area contributed by atoms with E-state index in [1.165, 1.54) is 0 Å².